The van der Waals surface area contributed by atoms with Gasteiger partial charge in [0, 0.05) is 0 Å². The summed E-state index contributed by atoms with van der Waals surface area (Å²) in [7, 11) is 0. The largest absolute Gasteiger partial charge is 0.369 e. The topological polar surface area (TPSA) is 95.4 Å². The molecular weight excluding hydrogens is 280 g/mol. The van der Waals surface area contributed by atoms with Crippen molar-refractivity contribution < 1.29 is 14.3 Å². The molecule has 0 spiro atoms. The van der Waals surface area contributed by atoms with E-state index in [0.29, 0.717) is 5.56 Å². The molecule has 0 bridgehead atoms. The number of ether oxygens (including phenoxy) is 1. The minimum absolute atomic E-state index is 0.260. The van der Waals surface area contributed by atoms with E-state index in [1.807, 2.05) is 30.3 Å². The second-order valence-electron chi connectivity index (χ2n) is 4.94. The first kappa shape index (κ1) is 15.9. The zero-order chi connectivity index (χ0) is 16.0. The molecule has 0 aliphatic heterocycles. The fourth-order valence-corrected chi connectivity index (χ4v) is 2.09. The summed E-state index contributed by atoms with van der Waals surface area (Å²) in [5, 5.41) is 0. The zero-order valence-electron chi connectivity index (χ0n) is 12.1. The number of hydrogen-bond acceptors (Lipinski definition) is 4. The lowest BCUT2D eigenvalue weighted by Gasteiger charge is -2.24. The van der Waals surface area contributed by atoms with Crippen LogP contribution >= 0.6 is 0 Å². The van der Waals surface area contributed by atoms with Crippen LogP contribution in [0.4, 0.5) is 0 Å². The summed E-state index contributed by atoms with van der Waals surface area (Å²) in [5.74, 6) is -1.46. The number of nitrogens with two attached hydrogens (primary N) is 2. The van der Waals surface area contributed by atoms with Gasteiger partial charge in [-0.25, -0.2) is 0 Å². The Morgan fingerprint density at radius 2 is 1.50 bits per heavy atom. The number of primary amides is 1. The van der Waals surface area contributed by atoms with Crippen molar-refractivity contribution in [2.45, 2.75) is 12.1 Å². The van der Waals surface area contributed by atoms with Crippen LogP contribution in [0.5, 0.6) is 0 Å². The van der Waals surface area contributed by atoms with E-state index in [9.17, 15) is 9.59 Å². The molecule has 1 unspecified atom stereocenters. The molecule has 1 amide bonds. The average Bonchev–Trinajstić information content (AvgIpc) is 2.55. The summed E-state index contributed by atoms with van der Waals surface area (Å²) < 4.78 is 5.36. The lowest BCUT2D eigenvalue weighted by Crippen LogP contribution is -2.56. The Balaban J connectivity index is 2.06. The molecule has 0 radical (unpaired) electrons. The normalized spacial score (nSPS) is 13.3. The van der Waals surface area contributed by atoms with Gasteiger partial charge in [-0.1, -0.05) is 60.7 Å². The smallest absolute Gasteiger partial charge is 0.249 e. The van der Waals surface area contributed by atoms with E-state index < -0.39 is 17.2 Å². The Hall–Kier alpha value is -2.50. The molecule has 0 aliphatic rings. The van der Waals surface area contributed by atoms with E-state index >= 15 is 0 Å². The number of Topliss-reactive ketones (excluding diaryl/α,β-unsaturated/α-hetero) is 1. The van der Waals surface area contributed by atoms with Crippen LogP contribution in [-0.4, -0.2) is 18.3 Å². The fraction of sp³-hybridized carbons (Fsp3) is 0.176. The molecule has 0 aliphatic carbocycles. The van der Waals surface area contributed by atoms with Gasteiger partial charge >= 0.3 is 0 Å². The van der Waals surface area contributed by atoms with Crippen LogP contribution in [0.25, 0.3) is 0 Å². The first-order chi connectivity index (χ1) is 10.5. The number of benzene rings is 2. The van der Waals surface area contributed by atoms with Crippen molar-refractivity contribution in [2.24, 2.45) is 11.5 Å². The second kappa shape index (κ2) is 6.98. The summed E-state index contributed by atoms with van der Waals surface area (Å²) in [6.07, 6.45) is 0. The lowest BCUT2D eigenvalue weighted by molar-refractivity contribution is -0.137. The summed E-state index contributed by atoms with van der Waals surface area (Å²) in [4.78, 5) is 24.1. The average molecular weight is 298 g/mol. The predicted octanol–water partition coefficient (Wildman–Crippen LogP) is 1.11. The minimum Gasteiger partial charge on any atom is -0.369 e. The molecule has 4 N–H and O–H groups in total. The van der Waals surface area contributed by atoms with E-state index in [0.717, 1.165) is 5.56 Å². The molecule has 0 fully saturated rings. The third-order valence-corrected chi connectivity index (χ3v) is 3.40. The number of hydrogen-bond donors (Lipinski definition) is 2. The van der Waals surface area contributed by atoms with E-state index in [1.54, 1.807) is 30.3 Å². The summed E-state index contributed by atoms with van der Waals surface area (Å²) in [6, 6.07) is 17.7. The molecule has 1 atom stereocenters. The fourth-order valence-electron chi connectivity index (χ4n) is 2.09. The molecular formula is C17H18N2O3. The van der Waals surface area contributed by atoms with Crippen molar-refractivity contribution in [2.75, 3.05) is 6.61 Å². The van der Waals surface area contributed by atoms with Crippen molar-refractivity contribution in [1.82, 2.24) is 0 Å². The molecule has 0 saturated heterocycles. The van der Waals surface area contributed by atoms with Crippen molar-refractivity contribution in [3.05, 3.63) is 71.8 Å². The quantitative estimate of drug-likeness (QED) is 0.749. The maximum absolute atomic E-state index is 12.3. The standard InChI is InChI=1S/C17H18N2O3/c18-16(21)17(19,14-9-5-2-6-10-14)15(20)12-22-11-13-7-3-1-4-8-13/h1-10H,11-12,19H2,(H2,18,21). The molecule has 2 aromatic rings. The van der Waals surface area contributed by atoms with Gasteiger partial charge in [0.1, 0.15) is 6.61 Å². The molecule has 2 aromatic carbocycles. The molecule has 0 saturated carbocycles. The maximum Gasteiger partial charge on any atom is 0.249 e. The van der Waals surface area contributed by atoms with Crippen molar-refractivity contribution >= 4 is 11.7 Å². The Bertz CT molecular complexity index is 643. The van der Waals surface area contributed by atoms with Crippen molar-refractivity contribution in [3.63, 3.8) is 0 Å². The van der Waals surface area contributed by atoms with Crippen molar-refractivity contribution in [3.8, 4) is 0 Å². The number of rotatable bonds is 7. The summed E-state index contributed by atoms with van der Waals surface area (Å²) in [5.41, 5.74) is 10.7. The van der Waals surface area contributed by atoms with Gasteiger partial charge in [-0.05, 0) is 11.1 Å². The summed E-state index contributed by atoms with van der Waals surface area (Å²) >= 11 is 0. The van der Waals surface area contributed by atoms with Crippen LogP contribution in [0.15, 0.2) is 60.7 Å². The van der Waals surface area contributed by atoms with Crippen LogP contribution < -0.4 is 11.5 Å². The number of carbonyl (C=O) groups excluding carboxylic acids is 2. The van der Waals surface area contributed by atoms with Crippen LogP contribution in [-0.2, 0) is 26.5 Å². The van der Waals surface area contributed by atoms with Crippen LogP contribution in [0, 0.1) is 0 Å². The molecule has 0 heterocycles. The Morgan fingerprint density at radius 1 is 0.955 bits per heavy atom. The van der Waals surface area contributed by atoms with E-state index in [-0.39, 0.29) is 13.2 Å². The Labute approximate surface area is 128 Å². The predicted molar refractivity (Wildman–Crippen MR) is 82.6 cm³/mol. The lowest BCUT2D eigenvalue weighted by atomic mass is 9.86. The van der Waals surface area contributed by atoms with Crippen LogP contribution in [0.2, 0.25) is 0 Å². The van der Waals surface area contributed by atoms with E-state index in [1.165, 1.54) is 0 Å². The molecule has 5 nitrogen and oxygen atoms in total. The van der Waals surface area contributed by atoms with Crippen LogP contribution in [0.1, 0.15) is 11.1 Å². The monoisotopic (exact) mass is 298 g/mol. The Morgan fingerprint density at radius 3 is 2.05 bits per heavy atom. The van der Waals surface area contributed by atoms with Crippen LogP contribution in [0.3, 0.4) is 0 Å². The molecule has 22 heavy (non-hydrogen) atoms. The van der Waals surface area contributed by atoms with Gasteiger partial charge in [0.2, 0.25) is 5.91 Å². The van der Waals surface area contributed by atoms with Gasteiger partial charge in [-0.2, -0.15) is 0 Å². The first-order valence-electron chi connectivity index (χ1n) is 6.84. The highest BCUT2D eigenvalue weighted by Crippen LogP contribution is 2.19. The third-order valence-electron chi connectivity index (χ3n) is 3.40. The molecule has 5 heteroatoms. The van der Waals surface area contributed by atoms with Gasteiger partial charge < -0.3 is 16.2 Å². The zero-order valence-corrected chi connectivity index (χ0v) is 12.1. The highest BCUT2D eigenvalue weighted by atomic mass is 16.5. The van der Waals surface area contributed by atoms with E-state index in [2.05, 4.69) is 0 Å². The third kappa shape index (κ3) is 3.39. The highest BCUT2D eigenvalue weighted by molar-refractivity contribution is 6.10. The number of ketones is 1. The van der Waals surface area contributed by atoms with E-state index in [4.69, 9.17) is 16.2 Å². The van der Waals surface area contributed by atoms with Gasteiger partial charge in [-0.15, -0.1) is 0 Å². The maximum atomic E-state index is 12.3. The van der Waals surface area contributed by atoms with Gasteiger partial charge in [-0.3, -0.25) is 9.59 Å². The van der Waals surface area contributed by atoms with Gasteiger partial charge in [0.05, 0.1) is 6.61 Å². The first-order valence-corrected chi connectivity index (χ1v) is 6.84. The molecule has 114 valence electrons. The van der Waals surface area contributed by atoms with Gasteiger partial charge in [0.15, 0.2) is 11.3 Å². The molecule has 2 rings (SSSR count). The van der Waals surface area contributed by atoms with Gasteiger partial charge in [0.25, 0.3) is 0 Å². The number of carbonyl (C=O) groups is 2. The number of amides is 1. The molecule has 0 aromatic heterocycles. The highest BCUT2D eigenvalue weighted by Gasteiger charge is 2.41. The second-order valence-corrected chi connectivity index (χ2v) is 4.94. The Kier molecular flexibility index (Phi) is 5.04. The summed E-state index contributed by atoms with van der Waals surface area (Å²) in [6.45, 7) is -0.0283. The SMILES string of the molecule is NC(=O)C(N)(C(=O)COCc1ccccc1)c1ccccc1. The minimum atomic E-state index is -1.88. The van der Waals surface area contributed by atoms with Crippen molar-refractivity contribution in [1.29, 1.82) is 0 Å².